The summed E-state index contributed by atoms with van der Waals surface area (Å²) >= 11 is 0. The SMILES string of the molecule is Cc1nn(C)c(CC(C)C)c1O. The van der Waals surface area contributed by atoms with E-state index in [4.69, 9.17) is 0 Å². The van der Waals surface area contributed by atoms with Crippen molar-refractivity contribution in [2.75, 3.05) is 0 Å². The Bertz CT molecular complexity index is 276. The van der Waals surface area contributed by atoms with Crippen molar-refractivity contribution in [3.63, 3.8) is 0 Å². The van der Waals surface area contributed by atoms with Gasteiger partial charge in [-0.05, 0) is 19.3 Å². The smallest absolute Gasteiger partial charge is 0.159 e. The Morgan fingerprint density at radius 2 is 2.08 bits per heavy atom. The zero-order valence-corrected chi connectivity index (χ0v) is 8.13. The third kappa shape index (κ3) is 1.60. The summed E-state index contributed by atoms with van der Waals surface area (Å²) in [6.45, 7) is 6.07. The topological polar surface area (TPSA) is 38.0 Å². The van der Waals surface area contributed by atoms with Gasteiger partial charge in [0.1, 0.15) is 5.69 Å². The molecule has 0 bridgehead atoms. The standard InChI is InChI=1S/C9H16N2O/c1-6(2)5-8-9(12)7(3)10-11(8)4/h6,12H,5H2,1-4H3. The van der Waals surface area contributed by atoms with Crippen molar-refractivity contribution in [1.29, 1.82) is 0 Å². The molecular weight excluding hydrogens is 152 g/mol. The lowest BCUT2D eigenvalue weighted by Gasteiger charge is -2.04. The summed E-state index contributed by atoms with van der Waals surface area (Å²) in [4.78, 5) is 0. The molecule has 12 heavy (non-hydrogen) atoms. The number of rotatable bonds is 2. The van der Waals surface area contributed by atoms with Crippen molar-refractivity contribution in [3.8, 4) is 5.75 Å². The minimum absolute atomic E-state index is 0.353. The lowest BCUT2D eigenvalue weighted by Crippen LogP contribution is -2.02. The number of nitrogens with zero attached hydrogens (tertiary/aromatic N) is 2. The van der Waals surface area contributed by atoms with E-state index in [2.05, 4.69) is 18.9 Å². The highest BCUT2D eigenvalue weighted by Crippen LogP contribution is 2.22. The van der Waals surface area contributed by atoms with E-state index in [1.807, 2.05) is 14.0 Å². The lowest BCUT2D eigenvalue weighted by atomic mass is 10.1. The molecule has 0 atom stereocenters. The van der Waals surface area contributed by atoms with E-state index >= 15 is 0 Å². The van der Waals surface area contributed by atoms with Gasteiger partial charge in [0.2, 0.25) is 0 Å². The number of aromatic nitrogens is 2. The Hall–Kier alpha value is -0.990. The Morgan fingerprint density at radius 3 is 2.42 bits per heavy atom. The highest BCUT2D eigenvalue weighted by Gasteiger charge is 2.12. The van der Waals surface area contributed by atoms with Gasteiger partial charge in [-0.1, -0.05) is 13.8 Å². The highest BCUT2D eigenvalue weighted by atomic mass is 16.3. The summed E-state index contributed by atoms with van der Waals surface area (Å²) < 4.78 is 1.75. The van der Waals surface area contributed by atoms with Gasteiger partial charge in [-0.25, -0.2) is 0 Å². The van der Waals surface area contributed by atoms with Gasteiger partial charge in [0, 0.05) is 7.05 Å². The van der Waals surface area contributed by atoms with Crippen molar-refractivity contribution >= 4 is 0 Å². The van der Waals surface area contributed by atoms with E-state index in [-0.39, 0.29) is 0 Å². The van der Waals surface area contributed by atoms with Crippen LogP contribution in [0.3, 0.4) is 0 Å². The molecule has 1 aromatic rings. The molecule has 0 aliphatic carbocycles. The normalized spacial score (nSPS) is 11.1. The second-order valence-electron chi connectivity index (χ2n) is 3.60. The van der Waals surface area contributed by atoms with Crippen LogP contribution in [0.4, 0.5) is 0 Å². The molecule has 1 aromatic heterocycles. The van der Waals surface area contributed by atoms with Crippen molar-refractivity contribution < 1.29 is 5.11 Å². The maximum atomic E-state index is 9.58. The van der Waals surface area contributed by atoms with Crippen LogP contribution in [0.1, 0.15) is 25.2 Å². The molecule has 1 rings (SSSR count). The first-order valence-electron chi connectivity index (χ1n) is 4.23. The molecule has 0 unspecified atom stereocenters. The van der Waals surface area contributed by atoms with Crippen LogP contribution in [0.2, 0.25) is 0 Å². The highest BCUT2D eigenvalue weighted by molar-refractivity contribution is 5.31. The third-order valence-electron chi connectivity index (χ3n) is 1.91. The largest absolute Gasteiger partial charge is 0.504 e. The first kappa shape index (κ1) is 9.10. The van der Waals surface area contributed by atoms with Crippen molar-refractivity contribution in [2.45, 2.75) is 27.2 Å². The zero-order chi connectivity index (χ0) is 9.30. The number of hydrogen-bond donors (Lipinski definition) is 1. The van der Waals surface area contributed by atoms with Crippen molar-refractivity contribution in [2.24, 2.45) is 13.0 Å². The maximum Gasteiger partial charge on any atom is 0.159 e. The first-order valence-corrected chi connectivity index (χ1v) is 4.23. The predicted octanol–water partition coefficient (Wildman–Crippen LogP) is 1.63. The van der Waals surface area contributed by atoms with E-state index in [1.54, 1.807) is 4.68 Å². The Morgan fingerprint density at radius 1 is 1.50 bits per heavy atom. The molecule has 3 nitrogen and oxygen atoms in total. The lowest BCUT2D eigenvalue weighted by molar-refractivity contribution is 0.455. The summed E-state index contributed by atoms with van der Waals surface area (Å²) in [6, 6.07) is 0. The fourth-order valence-corrected chi connectivity index (χ4v) is 1.31. The molecule has 0 aliphatic heterocycles. The van der Waals surface area contributed by atoms with Crippen LogP contribution in [0.5, 0.6) is 5.75 Å². The molecule has 3 heteroatoms. The van der Waals surface area contributed by atoms with Gasteiger partial charge in [-0.2, -0.15) is 5.10 Å². The minimum Gasteiger partial charge on any atom is -0.504 e. The van der Waals surface area contributed by atoms with Crippen LogP contribution < -0.4 is 0 Å². The number of aromatic hydroxyl groups is 1. The van der Waals surface area contributed by atoms with E-state index < -0.39 is 0 Å². The molecule has 0 saturated heterocycles. The molecule has 0 aromatic carbocycles. The molecule has 0 amide bonds. The van der Waals surface area contributed by atoms with Crippen molar-refractivity contribution in [1.82, 2.24) is 9.78 Å². The van der Waals surface area contributed by atoms with Gasteiger partial charge >= 0.3 is 0 Å². The van der Waals surface area contributed by atoms with Crippen LogP contribution in [0.15, 0.2) is 0 Å². The summed E-state index contributed by atoms with van der Waals surface area (Å²) in [5.41, 5.74) is 1.65. The van der Waals surface area contributed by atoms with Gasteiger partial charge in [-0.15, -0.1) is 0 Å². The number of aryl methyl sites for hydroxylation is 2. The molecule has 1 N–H and O–H groups in total. The molecule has 0 aliphatic rings. The van der Waals surface area contributed by atoms with E-state index in [1.165, 1.54) is 0 Å². The second-order valence-corrected chi connectivity index (χ2v) is 3.60. The summed E-state index contributed by atoms with van der Waals surface area (Å²) in [5, 5.41) is 13.7. The maximum absolute atomic E-state index is 9.58. The van der Waals surface area contributed by atoms with Crippen LogP contribution in [0.25, 0.3) is 0 Å². The second kappa shape index (κ2) is 3.17. The van der Waals surface area contributed by atoms with Gasteiger partial charge in [0.05, 0.1) is 5.69 Å². The summed E-state index contributed by atoms with van der Waals surface area (Å²) in [7, 11) is 1.87. The Balaban J connectivity index is 2.97. The average Bonchev–Trinajstić information content (AvgIpc) is 2.16. The molecule has 68 valence electrons. The average molecular weight is 168 g/mol. The monoisotopic (exact) mass is 168 g/mol. The molecule has 0 radical (unpaired) electrons. The molecular formula is C9H16N2O. The molecule has 0 fully saturated rings. The van der Waals surface area contributed by atoms with Crippen LogP contribution in [0, 0.1) is 12.8 Å². The fraction of sp³-hybridized carbons (Fsp3) is 0.667. The Kier molecular flexibility index (Phi) is 2.40. The van der Waals surface area contributed by atoms with Crippen LogP contribution in [-0.2, 0) is 13.5 Å². The van der Waals surface area contributed by atoms with Gasteiger partial charge in [-0.3, -0.25) is 4.68 Å². The molecule has 1 heterocycles. The molecule has 0 saturated carbocycles. The van der Waals surface area contributed by atoms with Gasteiger partial charge in [0.15, 0.2) is 5.75 Å². The first-order chi connectivity index (χ1) is 5.52. The predicted molar refractivity (Wildman–Crippen MR) is 48.2 cm³/mol. The molecule has 0 spiro atoms. The summed E-state index contributed by atoms with van der Waals surface area (Å²) in [6.07, 6.45) is 0.878. The number of hydrogen-bond acceptors (Lipinski definition) is 2. The van der Waals surface area contributed by atoms with Gasteiger partial charge in [0.25, 0.3) is 0 Å². The third-order valence-corrected chi connectivity index (χ3v) is 1.91. The van der Waals surface area contributed by atoms with E-state index in [9.17, 15) is 5.11 Å². The quantitative estimate of drug-likeness (QED) is 0.729. The fourth-order valence-electron chi connectivity index (χ4n) is 1.31. The van der Waals surface area contributed by atoms with Crippen LogP contribution >= 0.6 is 0 Å². The van der Waals surface area contributed by atoms with E-state index in [0.29, 0.717) is 17.4 Å². The van der Waals surface area contributed by atoms with Crippen LogP contribution in [-0.4, -0.2) is 14.9 Å². The minimum atomic E-state index is 0.353. The van der Waals surface area contributed by atoms with Gasteiger partial charge < -0.3 is 5.11 Å². The summed E-state index contributed by atoms with van der Waals surface area (Å²) in [5.74, 6) is 0.900. The zero-order valence-electron chi connectivity index (χ0n) is 8.13. The van der Waals surface area contributed by atoms with E-state index in [0.717, 1.165) is 12.1 Å². The Labute approximate surface area is 73.0 Å². The van der Waals surface area contributed by atoms with Crippen molar-refractivity contribution in [3.05, 3.63) is 11.4 Å².